The van der Waals surface area contributed by atoms with Gasteiger partial charge in [0.1, 0.15) is 23.4 Å². The average Bonchev–Trinajstić information content (AvgIpc) is 3.32. The first-order valence-corrected chi connectivity index (χ1v) is 11.1. The molecule has 1 aromatic heterocycles. The summed E-state index contributed by atoms with van der Waals surface area (Å²) in [6.07, 6.45) is 9.56. The summed E-state index contributed by atoms with van der Waals surface area (Å²) in [5, 5.41) is 20.9. The van der Waals surface area contributed by atoms with Crippen LogP contribution in [0.15, 0.2) is 58.3 Å². The number of esters is 2. The average molecular weight is 456 g/mol. The molecule has 176 valence electrons. The van der Waals surface area contributed by atoms with Gasteiger partial charge in [0.25, 0.3) is 0 Å². The van der Waals surface area contributed by atoms with Crippen molar-refractivity contribution in [3.63, 3.8) is 0 Å². The second-order valence-electron chi connectivity index (χ2n) is 9.27. The third-order valence-corrected chi connectivity index (χ3v) is 7.43. The molecule has 0 aromatic carbocycles. The number of hydrogen-bond acceptors (Lipinski definition) is 7. The molecule has 3 aliphatic rings. The summed E-state index contributed by atoms with van der Waals surface area (Å²) in [4.78, 5) is 36.9. The van der Waals surface area contributed by atoms with Crippen molar-refractivity contribution >= 4 is 17.9 Å². The molecule has 1 saturated heterocycles. The smallest absolute Gasteiger partial charge is 0.334 e. The van der Waals surface area contributed by atoms with E-state index in [0.717, 1.165) is 0 Å². The standard InChI is InChI=1S/C25H28O8/c1-16(20(26)27)5-3-10-23(2)19-9-12-24(22(29)33-23)11-7-17(8-13-25(19,24)30)21(28)32-15-18-6-4-14-31-18/h3-7,10,14,19,30H,8-9,11-13,15H2,1-2H3,(H,26,27)/b10-3+,16-5+/t19-,23+,24+,25-/m0/s1. The van der Waals surface area contributed by atoms with Crippen LogP contribution in [0, 0.1) is 11.3 Å². The highest BCUT2D eigenvalue weighted by Gasteiger charge is 2.71. The zero-order valence-electron chi connectivity index (χ0n) is 18.7. The van der Waals surface area contributed by atoms with E-state index in [1.165, 1.54) is 19.3 Å². The van der Waals surface area contributed by atoms with Gasteiger partial charge in [0, 0.05) is 17.1 Å². The SMILES string of the molecule is C/C(=C\C=C\[C@@]1(C)OC(=O)[C@]23CC=C(C(=O)OCc4ccco4)CC[C@]2(O)[C@H]1CC3)C(=O)O. The van der Waals surface area contributed by atoms with Gasteiger partial charge in [-0.1, -0.05) is 18.2 Å². The summed E-state index contributed by atoms with van der Waals surface area (Å²) >= 11 is 0. The number of cyclic esters (lactones) is 1. The summed E-state index contributed by atoms with van der Waals surface area (Å²) in [5.74, 6) is -1.88. The number of carbonyl (C=O) groups is 3. The minimum Gasteiger partial charge on any atom is -0.478 e. The van der Waals surface area contributed by atoms with Crippen LogP contribution in [-0.4, -0.2) is 39.3 Å². The van der Waals surface area contributed by atoms with E-state index in [-0.39, 0.29) is 37.4 Å². The molecule has 33 heavy (non-hydrogen) atoms. The van der Waals surface area contributed by atoms with Crippen LogP contribution in [0.1, 0.15) is 51.7 Å². The topological polar surface area (TPSA) is 123 Å². The lowest BCUT2D eigenvalue weighted by Crippen LogP contribution is -2.63. The molecule has 2 N–H and O–H groups in total. The Balaban J connectivity index is 1.55. The molecule has 4 atom stereocenters. The maximum absolute atomic E-state index is 13.3. The highest BCUT2D eigenvalue weighted by molar-refractivity contribution is 5.89. The molecule has 8 nitrogen and oxygen atoms in total. The molecule has 1 aliphatic heterocycles. The Hall–Kier alpha value is -3.13. The molecule has 2 aliphatic carbocycles. The third-order valence-electron chi connectivity index (χ3n) is 7.43. The summed E-state index contributed by atoms with van der Waals surface area (Å²) in [7, 11) is 0. The van der Waals surface area contributed by atoms with Gasteiger partial charge >= 0.3 is 17.9 Å². The Bertz CT molecular complexity index is 1050. The van der Waals surface area contributed by atoms with E-state index in [2.05, 4.69) is 0 Å². The van der Waals surface area contributed by atoms with Gasteiger partial charge in [-0.2, -0.15) is 0 Å². The van der Waals surface area contributed by atoms with Gasteiger partial charge in [0.05, 0.1) is 11.9 Å². The second-order valence-corrected chi connectivity index (χ2v) is 9.27. The van der Waals surface area contributed by atoms with E-state index in [9.17, 15) is 19.5 Å². The van der Waals surface area contributed by atoms with Crippen LogP contribution < -0.4 is 0 Å². The van der Waals surface area contributed by atoms with Gasteiger partial charge < -0.3 is 24.1 Å². The monoisotopic (exact) mass is 456 g/mol. The first-order valence-electron chi connectivity index (χ1n) is 11.1. The molecule has 2 bridgehead atoms. The highest BCUT2D eigenvalue weighted by atomic mass is 16.6. The van der Waals surface area contributed by atoms with E-state index < -0.39 is 34.5 Å². The predicted molar refractivity (Wildman–Crippen MR) is 116 cm³/mol. The number of furan rings is 1. The quantitative estimate of drug-likeness (QED) is 0.379. The fourth-order valence-electron chi connectivity index (χ4n) is 5.50. The molecule has 0 spiro atoms. The number of allylic oxidation sites excluding steroid dienone is 3. The number of carboxylic acids is 1. The van der Waals surface area contributed by atoms with E-state index in [4.69, 9.17) is 19.0 Å². The predicted octanol–water partition coefficient (Wildman–Crippen LogP) is 3.46. The molecule has 1 saturated carbocycles. The summed E-state index contributed by atoms with van der Waals surface area (Å²) < 4.78 is 16.4. The van der Waals surface area contributed by atoms with Crippen LogP contribution in [0.3, 0.4) is 0 Å². The Labute approximate surface area is 191 Å². The van der Waals surface area contributed by atoms with Crippen LogP contribution in [0.2, 0.25) is 0 Å². The molecule has 0 amide bonds. The largest absolute Gasteiger partial charge is 0.478 e. The van der Waals surface area contributed by atoms with E-state index in [0.29, 0.717) is 24.2 Å². The number of carboxylic acid groups (broad SMARTS) is 1. The van der Waals surface area contributed by atoms with Crippen molar-refractivity contribution in [3.8, 4) is 0 Å². The normalized spacial score (nSPS) is 33.8. The zero-order valence-corrected chi connectivity index (χ0v) is 18.7. The molecule has 1 aromatic rings. The summed E-state index contributed by atoms with van der Waals surface area (Å²) in [5.41, 5.74) is -2.99. The maximum atomic E-state index is 13.3. The Morgan fingerprint density at radius 2 is 2.12 bits per heavy atom. The lowest BCUT2D eigenvalue weighted by atomic mass is 9.62. The minimum atomic E-state index is -1.35. The van der Waals surface area contributed by atoms with Crippen molar-refractivity contribution in [2.45, 2.75) is 63.8 Å². The van der Waals surface area contributed by atoms with Crippen LogP contribution in [0.5, 0.6) is 0 Å². The Morgan fingerprint density at radius 3 is 2.82 bits per heavy atom. The number of hydrogen-bond donors (Lipinski definition) is 2. The first-order chi connectivity index (χ1) is 15.6. The molecule has 2 heterocycles. The van der Waals surface area contributed by atoms with E-state index >= 15 is 0 Å². The van der Waals surface area contributed by atoms with Crippen LogP contribution in [0.4, 0.5) is 0 Å². The molecular weight excluding hydrogens is 428 g/mol. The maximum Gasteiger partial charge on any atom is 0.334 e. The van der Waals surface area contributed by atoms with Crippen LogP contribution in [-0.2, 0) is 30.5 Å². The van der Waals surface area contributed by atoms with Gasteiger partial charge in [-0.3, -0.25) is 4.79 Å². The molecular formula is C25H28O8. The van der Waals surface area contributed by atoms with E-state index in [1.54, 1.807) is 37.3 Å². The van der Waals surface area contributed by atoms with Crippen molar-refractivity contribution in [2.75, 3.05) is 0 Å². The van der Waals surface area contributed by atoms with Gasteiger partial charge in [-0.15, -0.1) is 0 Å². The van der Waals surface area contributed by atoms with Gasteiger partial charge in [-0.25, -0.2) is 9.59 Å². The van der Waals surface area contributed by atoms with E-state index in [1.807, 2.05) is 0 Å². The van der Waals surface area contributed by atoms with Gasteiger partial charge in [0.2, 0.25) is 0 Å². The summed E-state index contributed by atoms with van der Waals surface area (Å²) in [6, 6.07) is 3.42. The first kappa shape index (κ1) is 23.0. The molecule has 4 rings (SSSR count). The number of aliphatic carboxylic acids is 1. The van der Waals surface area contributed by atoms with Crippen molar-refractivity contribution in [2.24, 2.45) is 11.3 Å². The lowest BCUT2D eigenvalue weighted by Gasteiger charge is -2.52. The van der Waals surface area contributed by atoms with Crippen molar-refractivity contribution < 1.29 is 38.5 Å². The zero-order chi connectivity index (χ0) is 23.9. The second kappa shape index (κ2) is 8.33. The van der Waals surface area contributed by atoms with Gasteiger partial charge in [0.15, 0.2) is 0 Å². The number of carbonyl (C=O) groups excluding carboxylic acids is 2. The lowest BCUT2D eigenvalue weighted by molar-refractivity contribution is -0.224. The number of aliphatic hydroxyl groups is 1. The van der Waals surface area contributed by atoms with Gasteiger partial charge in [-0.05, 0) is 64.2 Å². The Morgan fingerprint density at radius 1 is 1.33 bits per heavy atom. The molecule has 2 fully saturated rings. The fourth-order valence-corrected chi connectivity index (χ4v) is 5.50. The van der Waals surface area contributed by atoms with Crippen LogP contribution >= 0.6 is 0 Å². The molecule has 0 radical (unpaired) electrons. The van der Waals surface area contributed by atoms with Crippen molar-refractivity contribution in [3.05, 3.63) is 59.6 Å². The minimum absolute atomic E-state index is 0.00932. The van der Waals surface area contributed by atoms with Crippen molar-refractivity contribution in [1.82, 2.24) is 0 Å². The number of rotatable bonds is 6. The summed E-state index contributed by atoms with van der Waals surface area (Å²) in [6.45, 7) is 3.22. The highest BCUT2D eigenvalue weighted by Crippen LogP contribution is 2.63. The molecule has 0 unspecified atom stereocenters. The Kier molecular flexibility index (Phi) is 5.82. The van der Waals surface area contributed by atoms with Crippen LogP contribution in [0.25, 0.3) is 0 Å². The fraction of sp³-hybridized carbons (Fsp3) is 0.480. The van der Waals surface area contributed by atoms with Crippen molar-refractivity contribution in [1.29, 1.82) is 0 Å². The third kappa shape index (κ3) is 3.82. The molecule has 8 heteroatoms. The number of ether oxygens (including phenoxy) is 2.